The molecule has 1 aliphatic rings. The molecule has 0 saturated heterocycles. The molecular formula is C22H42O4. The monoisotopic (exact) mass is 370 g/mol. The lowest BCUT2D eigenvalue weighted by atomic mass is 9.82. The van der Waals surface area contributed by atoms with E-state index in [4.69, 9.17) is 0 Å². The third kappa shape index (κ3) is 9.91. The topological polar surface area (TPSA) is 66.8 Å². The maximum atomic E-state index is 11.2. The number of esters is 1. The van der Waals surface area contributed by atoms with Crippen molar-refractivity contribution in [2.45, 2.75) is 110 Å². The minimum atomic E-state index is -0.581. The molecule has 1 aliphatic carbocycles. The van der Waals surface area contributed by atoms with Crippen molar-refractivity contribution in [3.63, 3.8) is 0 Å². The van der Waals surface area contributed by atoms with Crippen LogP contribution in [0.5, 0.6) is 0 Å². The van der Waals surface area contributed by atoms with Crippen molar-refractivity contribution >= 4 is 5.97 Å². The molecule has 0 aromatic carbocycles. The molecule has 0 aromatic heterocycles. The first-order valence-corrected chi connectivity index (χ1v) is 10.9. The molecule has 1 rings (SSSR count). The molecule has 26 heavy (non-hydrogen) atoms. The molecule has 0 aromatic rings. The molecule has 4 nitrogen and oxygen atoms in total. The van der Waals surface area contributed by atoms with Crippen LogP contribution in [0.4, 0.5) is 0 Å². The molecule has 1 fully saturated rings. The van der Waals surface area contributed by atoms with Gasteiger partial charge in [-0.15, -0.1) is 0 Å². The van der Waals surface area contributed by atoms with Gasteiger partial charge in [-0.1, -0.05) is 52.4 Å². The third-order valence-corrected chi connectivity index (χ3v) is 6.16. The van der Waals surface area contributed by atoms with Gasteiger partial charge in [0.1, 0.15) is 0 Å². The second kappa shape index (κ2) is 13.5. The molecule has 0 heterocycles. The van der Waals surface area contributed by atoms with Crippen molar-refractivity contribution < 1.29 is 19.7 Å². The van der Waals surface area contributed by atoms with Crippen molar-refractivity contribution in [2.24, 2.45) is 17.8 Å². The standard InChI is InChI=1S/C22H42O4/c1-4-5-6-10-20(23)14-12-18-8-7-9-19(18)15-17(2)11-13-21(24)16-22(25)26-3/h17-21,23-24H,4-16H2,1-3H3/t17?,18-,19-,20?,21?/m1/s1. The highest BCUT2D eigenvalue weighted by molar-refractivity contribution is 5.69. The predicted octanol–water partition coefficient (Wildman–Crippen LogP) is 4.85. The summed E-state index contributed by atoms with van der Waals surface area (Å²) in [6.07, 6.45) is 12.8. The molecule has 3 unspecified atom stereocenters. The predicted molar refractivity (Wildman–Crippen MR) is 106 cm³/mol. The molecule has 0 amide bonds. The maximum Gasteiger partial charge on any atom is 0.308 e. The number of methoxy groups -OCH3 is 1. The van der Waals surface area contributed by atoms with Gasteiger partial charge < -0.3 is 14.9 Å². The van der Waals surface area contributed by atoms with E-state index in [9.17, 15) is 15.0 Å². The summed E-state index contributed by atoms with van der Waals surface area (Å²) in [6.45, 7) is 4.46. The average molecular weight is 371 g/mol. The Morgan fingerprint density at radius 1 is 1.04 bits per heavy atom. The van der Waals surface area contributed by atoms with Crippen LogP contribution in [0.3, 0.4) is 0 Å². The highest BCUT2D eigenvalue weighted by atomic mass is 16.5. The van der Waals surface area contributed by atoms with E-state index in [-0.39, 0.29) is 18.5 Å². The Hall–Kier alpha value is -0.610. The van der Waals surface area contributed by atoms with Crippen molar-refractivity contribution in [1.82, 2.24) is 0 Å². The van der Waals surface area contributed by atoms with E-state index in [0.29, 0.717) is 12.3 Å². The first-order chi connectivity index (χ1) is 12.5. The summed E-state index contributed by atoms with van der Waals surface area (Å²) in [5.74, 6) is 1.77. The zero-order valence-electron chi connectivity index (χ0n) is 17.3. The third-order valence-electron chi connectivity index (χ3n) is 6.16. The van der Waals surface area contributed by atoms with E-state index >= 15 is 0 Å². The number of aliphatic hydroxyl groups is 2. The lowest BCUT2D eigenvalue weighted by molar-refractivity contribution is -0.142. The summed E-state index contributed by atoms with van der Waals surface area (Å²) in [5.41, 5.74) is 0. The van der Waals surface area contributed by atoms with Crippen LogP contribution in [-0.4, -0.2) is 35.5 Å². The Bertz CT molecular complexity index is 371. The summed E-state index contributed by atoms with van der Waals surface area (Å²) >= 11 is 0. The van der Waals surface area contributed by atoms with Crippen molar-refractivity contribution in [1.29, 1.82) is 0 Å². The molecule has 154 valence electrons. The Labute approximate surface area is 160 Å². The zero-order valence-corrected chi connectivity index (χ0v) is 17.3. The van der Waals surface area contributed by atoms with E-state index in [1.54, 1.807) is 0 Å². The number of carbonyl (C=O) groups is 1. The second-order valence-electron chi connectivity index (χ2n) is 8.53. The molecule has 1 saturated carbocycles. The van der Waals surface area contributed by atoms with Crippen LogP contribution in [0, 0.1) is 17.8 Å². The van der Waals surface area contributed by atoms with Crippen LogP contribution in [0.15, 0.2) is 0 Å². The summed E-state index contributed by atoms with van der Waals surface area (Å²) in [4.78, 5) is 11.2. The van der Waals surface area contributed by atoms with Gasteiger partial charge in [-0.3, -0.25) is 4.79 Å². The van der Waals surface area contributed by atoms with Crippen molar-refractivity contribution in [3.8, 4) is 0 Å². The van der Waals surface area contributed by atoms with Gasteiger partial charge in [-0.2, -0.15) is 0 Å². The van der Waals surface area contributed by atoms with E-state index in [0.717, 1.165) is 43.9 Å². The number of unbranched alkanes of at least 4 members (excludes halogenated alkanes) is 2. The van der Waals surface area contributed by atoms with Gasteiger partial charge >= 0.3 is 5.97 Å². The Kier molecular flexibility index (Phi) is 12.2. The molecule has 4 heteroatoms. The summed E-state index contributed by atoms with van der Waals surface area (Å²) in [5, 5.41) is 20.1. The van der Waals surface area contributed by atoms with Gasteiger partial charge in [0.25, 0.3) is 0 Å². The second-order valence-corrected chi connectivity index (χ2v) is 8.53. The van der Waals surface area contributed by atoms with E-state index in [2.05, 4.69) is 18.6 Å². The van der Waals surface area contributed by atoms with Crippen molar-refractivity contribution in [2.75, 3.05) is 7.11 Å². The van der Waals surface area contributed by atoms with Crippen LogP contribution >= 0.6 is 0 Å². The van der Waals surface area contributed by atoms with Crippen LogP contribution in [0.2, 0.25) is 0 Å². The Balaban J connectivity index is 2.24. The maximum absolute atomic E-state index is 11.2. The van der Waals surface area contributed by atoms with Crippen LogP contribution in [-0.2, 0) is 9.53 Å². The van der Waals surface area contributed by atoms with Gasteiger partial charge in [-0.05, 0) is 56.3 Å². The number of ether oxygens (including phenoxy) is 1. The fraction of sp³-hybridized carbons (Fsp3) is 0.955. The largest absolute Gasteiger partial charge is 0.469 e. The molecule has 0 aliphatic heterocycles. The van der Waals surface area contributed by atoms with Crippen LogP contribution in [0.1, 0.15) is 97.3 Å². The van der Waals surface area contributed by atoms with E-state index in [1.165, 1.54) is 45.6 Å². The number of hydrogen-bond donors (Lipinski definition) is 2. The molecular weight excluding hydrogens is 328 g/mol. The first-order valence-electron chi connectivity index (χ1n) is 10.9. The molecule has 0 bridgehead atoms. The smallest absolute Gasteiger partial charge is 0.308 e. The fourth-order valence-corrected chi connectivity index (χ4v) is 4.47. The van der Waals surface area contributed by atoms with Crippen molar-refractivity contribution in [3.05, 3.63) is 0 Å². The summed E-state index contributed by atoms with van der Waals surface area (Å²) in [6, 6.07) is 0. The van der Waals surface area contributed by atoms with E-state index in [1.807, 2.05) is 0 Å². The first kappa shape index (κ1) is 23.4. The molecule has 0 spiro atoms. The normalized spacial score (nSPS) is 23.6. The van der Waals surface area contributed by atoms with Crippen LogP contribution < -0.4 is 0 Å². The summed E-state index contributed by atoms with van der Waals surface area (Å²) in [7, 11) is 1.36. The van der Waals surface area contributed by atoms with Gasteiger partial charge in [0.15, 0.2) is 0 Å². The summed E-state index contributed by atoms with van der Waals surface area (Å²) < 4.78 is 4.61. The van der Waals surface area contributed by atoms with Gasteiger partial charge in [0.05, 0.1) is 25.7 Å². The minimum absolute atomic E-state index is 0.102. The molecule has 2 N–H and O–H groups in total. The lowest BCUT2D eigenvalue weighted by Crippen LogP contribution is -2.18. The zero-order chi connectivity index (χ0) is 19.4. The van der Waals surface area contributed by atoms with Crippen LogP contribution in [0.25, 0.3) is 0 Å². The van der Waals surface area contributed by atoms with E-state index < -0.39 is 6.10 Å². The minimum Gasteiger partial charge on any atom is -0.469 e. The SMILES string of the molecule is CCCCCC(O)CC[C@H]1CCC[C@@H]1CC(C)CCC(O)CC(=O)OC. The molecule has 5 atom stereocenters. The fourth-order valence-electron chi connectivity index (χ4n) is 4.47. The van der Waals surface area contributed by atoms with Gasteiger partial charge in [-0.25, -0.2) is 0 Å². The van der Waals surface area contributed by atoms with Gasteiger partial charge in [0, 0.05) is 0 Å². The molecule has 0 radical (unpaired) electrons. The number of aliphatic hydroxyl groups excluding tert-OH is 2. The Morgan fingerprint density at radius 3 is 2.46 bits per heavy atom. The Morgan fingerprint density at radius 2 is 1.77 bits per heavy atom. The number of rotatable bonds is 14. The highest BCUT2D eigenvalue weighted by Crippen LogP contribution is 2.40. The van der Waals surface area contributed by atoms with Gasteiger partial charge in [0.2, 0.25) is 0 Å². The highest BCUT2D eigenvalue weighted by Gasteiger charge is 2.28. The number of hydrogen-bond acceptors (Lipinski definition) is 4. The average Bonchev–Trinajstić information content (AvgIpc) is 3.05. The quantitative estimate of drug-likeness (QED) is 0.339. The number of carbonyl (C=O) groups excluding carboxylic acids is 1. The lowest BCUT2D eigenvalue weighted by Gasteiger charge is -2.24.